The minimum absolute atomic E-state index is 0.0525. The summed E-state index contributed by atoms with van der Waals surface area (Å²) >= 11 is 0. The van der Waals surface area contributed by atoms with Crippen molar-refractivity contribution < 1.29 is 18.8 Å². The monoisotopic (exact) mass is 318 g/mol. The molecule has 0 spiro atoms. The number of carbonyl (C=O) groups excluding carboxylic acids is 1. The van der Waals surface area contributed by atoms with Crippen LogP contribution < -0.4 is 10.1 Å². The van der Waals surface area contributed by atoms with Gasteiger partial charge < -0.3 is 10.1 Å². The number of non-ortho nitro benzene ring substituents is 1. The molecule has 7 heteroatoms. The highest BCUT2D eigenvalue weighted by molar-refractivity contribution is 5.93. The first-order valence-electron chi connectivity index (χ1n) is 6.78. The maximum atomic E-state index is 13.6. The van der Waals surface area contributed by atoms with Gasteiger partial charge in [0.2, 0.25) is 5.91 Å². The molecule has 0 unspecified atom stereocenters. The van der Waals surface area contributed by atoms with E-state index >= 15 is 0 Å². The molecule has 2 aromatic carbocycles. The van der Waals surface area contributed by atoms with Crippen LogP contribution in [0.4, 0.5) is 15.8 Å². The Balaban J connectivity index is 2.12. The molecule has 120 valence electrons. The number of hydrogen-bond donors (Lipinski definition) is 1. The quantitative estimate of drug-likeness (QED) is 0.678. The molecule has 0 saturated heterocycles. The second-order valence-corrected chi connectivity index (χ2v) is 4.95. The molecule has 23 heavy (non-hydrogen) atoms. The highest BCUT2D eigenvalue weighted by atomic mass is 19.1. The third kappa shape index (κ3) is 4.03. The lowest BCUT2D eigenvalue weighted by Crippen LogP contribution is -2.15. The Morgan fingerprint density at radius 1 is 1.30 bits per heavy atom. The van der Waals surface area contributed by atoms with Crippen molar-refractivity contribution in [2.45, 2.75) is 13.3 Å². The van der Waals surface area contributed by atoms with E-state index in [9.17, 15) is 19.3 Å². The maximum Gasteiger partial charge on any atom is 0.271 e. The van der Waals surface area contributed by atoms with Gasteiger partial charge in [-0.05, 0) is 30.2 Å². The summed E-state index contributed by atoms with van der Waals surface area (Å²) in [5, 5.41) is 13.4. The van der Waals surface area contributed by atoms with E-state index in [2.05, 4.69) is 5.32 Å². The van der Waals surface area contributed by atoms with Crippen LogP contribution in [0, 0.1) is 22.9 Å². The minimum Gasteiger partial charge on any atom is -0.494 e. The van der Waals surface area contributed by atoms with E-state index in [1.807, 2.05) is 0 Å². The van der Waals surface area contributed by atoms with E-state index in [0.29, 0.717) is 16.8 Å². The zero-order valence-electron chi connectivity index (χ0n) is 12.6. The summed E-state index contributed by atoms with van der Waals surface area (Å²) in [7, 11) is 1.36. The molecule has 0 aliphatic heterocycles. The molecule has 0 aliphatic carbocycles. The molecule has 1 amide bonds. The molecular formula is C16H15FN2O4. The third-order valence-corrected chi connectivity index (χ3v) is 3.29. The molecule has 0 fully saturated rings. The number of nitro groups is 1. The Labute approximate surface area is 132 Å². The van der Waals surface area contributed by atoms with Gasteiger partial charge in [-0.3, -0.25) is 14.9 Å². The predicted octanol–water partition coefficient (Wildman–Crippen LogP) is 3.23. The number of nitrogens with zero attached hydrogens (tertiary/aromatic N) is 1. The Morgan fingerprint density at radius 3 is 2.65 bits per heavy atom. The lowest BCUT2D eigenvalue weighted by molar-refractivity contribution is -0.384. The van der Waals surface area contributed by atoms with Gasteiger partial charge in [0.05, 0.1) is 24.1 Å². The Kier molecular flexibility index (Phi) is 4.90. The summed E-state index contributed by atoms with van der Waals surface area (Å²) in [6.07, 6.45) is -0.0525. The number of aryl methyl sites for hydroxylation is 1. The number of benzene rings is 2. The summed E-state index contributed by atoms with van der Waals surface area (Å²) in [6.45, 7) is 1.73. The van der Waals surface area contributed by atoms with E-state index in [0.717, 1.165) is 0 Å². The van der Waals surface area contributed by atoms with E-state index in [4.69, 9.17) is 4.74 Å². The fourth-order valence-electron chi connectivity index (χ4n) is 2.06. The molecule has 2 aromatic rings. The number of amides is 1. The van der Waals surface area contributed by atoms with Gasteiger partial charge in [-0.1, -0.05) is 12.1 Å². The van der Waals surface area contributed by atoms with Crippen LogP contribution in [0.2, 0.25) is 0 Å². The van der Waals surface area contributed by atoms with Crippen LogP contribution >= 0.6 is 0 Å². The van der Waals surface area contributed by atoms with Gasteiger partial charge in [-0.2, -0.15) is 0 Å². The number of nitrogens with one attached hydrogen (secondary N) is 1. The summed E-state index contributed by atoms with van der Waals surface area (Å²) in [4.78, 5) is 22.3. The highest BCUT2D eigenvalue weighted by Gasteiger charge is 2.12. The molecule has 6 nitrogen and oxygen atoms in total. The number of rotatable bonds is 5. The van der Waals surface area contributed by atoms with Gasteiger partial charge in [0.25, 0.3) is 5.69 Å². The van der Waals surface area contributed by atoms with Crippen LogP contribution in [0.3, 0.4) is 0 Å². The zero-order valence-corrected chi connectivity index (χ0v) is 12.6. The first-order chi connectivity index (χ1) is 10.9. The number of halogens is 1. The smallest absolute Gasteiger partial charge is 0.271 e. The molecule has 1 N–H and O–H groups in total. The molecule has 0 aromatic heterocycles. The Morgan fingerprint density at radius 2 is 2.04 bits per heavy atom. The molecule has 0 saturated carbocycles. The van der Waals surface area contributed by atoms with Crippen molar-refractivity contribution in [1.82, 2.24) is 0 Å². The van der Waals surface area contributed by atoms with Crippen molar-refractivity contribution >= 4 is 17.3 Å². The van der Waals surface area contributed by atoms with Crippen LogP contribution in [-0.4, -0.2) is 17.9 Å². The largest absolute Gasteiger partial charge is 0.494 e. The Hall–Kier alpha value is -2.96. The van der Waals surface area contributed by atoms with Crippen LogP contribution in [0.15, 0.2) is 36.4 Å². The van der Waals surface area contributed by atoms with Crippen LogP contribution in [0.25, 0.3) is 0 Å². The van der Waals surface area contributed by atoms with E-state index < -0.39 is 16.6 Å². The second kappa shape index (κ2) is 6.87. The summed E-state index contributed by atoms with van der Waals surface area (Å²) < 4.78 is 18.4. The maximum absolute atomic E-state index is 13.6. The minimum atomic E-state index is -0.552. The van der Waals surface area contributed by atoms with Gasteiger partial charge in [-0.15, -0.1) is 0 Å². The van der Waals surface area contributed by atoms with Gasteiger partial charge in [-0.25, -0.2) is 4.39 Å². The van der Waals surface area contributed by atoms with Crippen molar-refractivity contribution in [1.29, 1.82) is 0 Å². The summed E-state index contributed by atoms with van der Waals surface area (Å²) in [5.41, 5.74) is 1.42. The van der Waals surface area contributed by atoms with Crippen LogP contribution in [-0.2, 0) is 11.2 Å². The SMILES string of the molecule is COc1ccc(CC(=O)Nc2cc([N+](=O)[O-])ccc2C)cc1F. The van der Waals surface area contributed by atoms with Crippen molar-refractivity contribution in [2.24, 2.45) is 0 Å². The first-order valence-corrected chi connectivity index (χ1v) is 6.78. The van der Waals surface area contributed by atoms with E-state index in [1.165, 1.54) is 31.4 Å². The normalized spacial score (nSPS) is 10.2. The standard InChI is InChI=1S/C16H15FN2O4/c1-10-3-5-12(19(21)22)9-14(10)18-16(20)8-11-4-6-15(23-2)13(17)7-11/h3-7,9H,8H2,1-2H3,(H,18,20). The lowest BCUT2D eigenvalue weighted by atomic mass is 10.1. The fourth-order valence-corrected chi connectivity index (χ4v) is 2.06. The third-order valence-electron chi connectivity index (χ3n) is 3.29. The average Bonchev–Trinajstić information content (AvgIpc) is 2.49. The molecule has 0 radical (unpaired) electrons. The van der Waals surface area contributed by atoms with Gasteiger partial charge >= 0.3 is 0 Å². The van der Waals surface area contributed by atoms with Gasteiger partial charge in [0.15, 0.2) is 11.6 Å². The summed E-state index contributed by atoms with van der Waals surface area (Å²) in [5.74, 6) is -0.841. The number of anilines is 1. The van der Waals surface area contributed by atoms with Crippen molar-refractivity contribution in [2.75, 3.05) is 12.4 Å². The molecule has 0 heterocycles. The topological polar surface area (TPSA) is 81.5 Å². The zero-order chi connectivity index (χ0) is 17.0. The van der Waals surface area contributed by atoms with E-state index in [-0.39, 0.29) is 17.9 Å². The Bertz CT molecular complexity index is 762. The lowest BCUT2D eigenvalue weighted by Gasteiger charge is -2.09. The highest BCUT2D eigenvalue weighted by Crippen LogP contribution is 2.22. The number of carbonyl (C=O) groups is 1. The number of ether oxygens (including phenoxy) is 1. The summed E-state index contributed by atoms with van der Waals surface area (Å²) in [6, 6.07) is 8.46. The van der Waals surface area contributed by atoms with Crippen molar-refractivity contribution in [3.63, 3.8) is 0 Å². The van der Waals surface area contributed by atoms with Gasteiger partial charge in [0.1, 0.15) is 0 Å². The second-order valence-electron chi connectivity index (χ2n) is 4.95. The molecule has 0 atom stereocenters. The molecule has 2 rings (SSSR count). The first kappa shape index (κ1) is 16.4. The predicted molar refractivity (Wildman–Crippen MR) is 83.1 cm³/mol. The molecule has 0 bridgehead atoms. The van der Waals surface area contributed by atoms with Crippen molar-refractivity contribution in [3.05, 3.63) is 63.5 Å². The molecule has 0 aliphatic rings. The van der Waals surface area contributed by atoms with Crippen LogP contribution in [0.5, 0.6) is 5.75 Å². The van der Waals surface area contributed by atoms with E-state index in [1.54, 1.807) is 19.1 Å². The average molecular weight is 318 g/mol. The number of hydrogen-bond acceptors (Lipinski definition) is 4. The number of methoxy groups -OCH3 is 1. The number of nitro benzene ring substituents is 1. The molecular weight excluding hydrogens is 303 g/mol. The van der Waals surface area contributed by atoms with Gasteiger partial charge in [0, 0.05) is 12.1 Å². The van der Waals surface area contributed by atoms with Crippen molar-refractivity contribution in [3.8, 4) is 5.75 Å². The fraction of sp³-hybridized carbons (Fsp3) is 0.188. The van der Waals surface area contributed by atoms with Crippen LogP contribution in [0.1, 0.15) is 11.1 Å².